The van der Waals surface area contributed by atoms with E-state index >= 15 is 0 Å². The lowest BCUT2D eigenvalue weighted by molar-refractivity contribution is -0.151. The zero-order valence-electron chi connectivity index (χ0n) is 33.3. The van der Waals surface area contributed by atoms with E-state index in [0.29, 0.717) is 29.1 Å². The third-order valence-corrected chi connectivity index (χ3v) is 14.4. The molecule has 0 heterocycles. The zero-order valence-corrected chi connectivity index (χ0v) is 33.3. The summed E-state index contributed by atoms with van der Waals surface area (Å²) >= 11 is 0. The topological polar surface area (TPSA) is 26.3 Å². The Labute approximate surface area is 304 Å². The largest absolute Gasteiger partial charge is 0.462 e. The number of fused-ring (bicyclic) bond motifs is 5. The molecular weight excluding hydrogens is 597 g/mol. The first kappa shape index (κ1) is 40.2. The molecule has 3 fully saturated rings. The predicted molar refractivity (Wildman–Crippen MR) is 211 cm³/mol. The van der Waals surface area contributed by atoms with E-state index in [1.54, 1.807) is 5.57 Å². The third-order valence-electron chi connectivity index (χ3n) is 14.4. The van der Waals surface area contributed by atoms with Gasteiger partial charge in [0.05, 0.1) is 0 Å². The molecule has 2 nitrogen and oxygen atoms in total. The van der Waals surface area contributed by atoms with Gasteiger partial charge in [0.15, 0.2) is 0 Å². The Kier molecular flexibility index (Phi) is 16.3. The maximum atomic E-state index is 12.8. The molecule has 49 heavy (non-hydrogen) atoms. The van der Waals surface area contributed by atoms with Gasteiger partial charge in [-0.1, -0.05) is 129 Å². The van der Waals surface area contributed by atoms with Crippen LogP contribution in [-0.4, -0.2) is 12.1 Å². The number of ether oxygens (including phenoxy) is 1. The second-order valence-corrected chi connectivity index (χ2v) is 17.9. The number of hydrogen-bond donors (Lipinski definition) is 0. The van der Waals surface area contributed by atoms with E-state index in [-0.39, 0.29) is 12.1 Å². The Bertz CT molecular complexity index is 1110. The highest BCUT2D eigenvalue weighted by Crippen LogP contribution is 2.67. The lowest BCUT2D eigenvalue weighted by Crippen LogP contribution is -2.51. The van der Waals surface area contributed by atoms with Crippen LogP contribution in [0.2, 0.25) is 0 Å². The van der Waals surface area contributed by atoms with Crippen LogP contribution in [0.5, 0.6) is 0 Å². The quantitative estimate of drug-likeness (QED) is 0.0730. The number of esters is 1. The van der Waals surface area contributed by atoms with Crippen molar-refractivity contribution in [2.45, 2.75) is 189 Å². The number of carbonyl (C=O) groups is 1. The number of hydrogen-bond acceptors (Lipinski definition) is 2. The summed E-state index contributed by atoms with van der Waals surface area (Å²) in [5.74, 6) is 5.51. The van der Waals surface area contributed by atoms with Crippen molar-refractivity contribution >= 4 is 5.97 Å². The highest BCUT2D eigenvalue weighted by molar-refractivity contribution is 5.69. The molecule has 0 saturated heterocycles. The number of allylic oxidation sites excluding steroid dienone is 7. The fraction of sp³-hybridized carbons (Fsp3) is 0.809. The predicted octanol–water partition coefficient (Wildman–Crippen LogP) is 14.2. The van der Waals surface area contributed by atoms with Gasteiger partial charge in [-0.25, -0.2) is 0 Å². The molecule has 9 atom stereocenters. The molecule has 2 heteroatoms. The van der Waals surface area contributed by atoms with Gasteiger partial charge in [0.25, 0.3) is 0 Å². The average molecular weight is 675 g/mol. The van der Waals surface area contributed by atoms with Crippen molar-refractivity contribution in [2.24, 2.45) is 52.3 Å². The van der Waals surface area contributed by atoms with Gasteiger partial charge in [-0.3, -0.25) is 4.79 Å². The minimum atomic E-state index is 0.0424. The van der Waals surface area contributed by atoms with E-state index in [0.717, 1.165) is 61.7 Å². The van der Waals surface area contributed by atoms with Gasteiger partial charge in [0.2, 0.25) is 0 Å². The van der Waals surface area contributed by atoms with Crippen molar-refractivity contribution in [1.82, 2.24) is 0 Å². The van der Waals surface area contributed by atoms with Crippen molar-refractivity contribution in [2.75, 3.05) is 0 Å². The van der Waals surface area contributed by atoms with Gasteiger partial charge in [0.1, 0.15) is 6.10 Å². The minimum Gasteiger partial charge on any atom is -0.462 e. The standard InChI is InChI=1S/C47H78O2/c1-8-10-11-12-13-14-15-16-17-18-19-20-21-22-23-24-45(48)49-40-31-33-46(6)39(35-40)27-28-41-43-30-29-42(47(43,7)34-32-44(41)46)37(5)25-26-38(9-2)36(3)4/h13-14,16-17,25-27,36-38,40-44H,8-12,15,18-24,28-35H2,1-7H3. The fourth-order valence-electron chi connectivity index (χ4n) is 11.2. The van der Waals surface area contributed by atoms with Crippen LogP contribution in [0, 0.1) is 52.3 Å². The molecule has 3 saturated carbocycles. The lowest BCUT2D eigenvalue weighted by atomic mass is 9.47. The van der Waals surface area contributed by atoms with E-state index in [2.05, 4.69) is 91.0 Å². The van der Waals surface area contributed by atoms with Crippen molar-refractivity contribution in [3.8, 4) is 0 Å². The summed E-state index contributed by atoms with van der Waals surface area (Å²) in [6, 6.07) is 0. The molecule has 278 valence electrons. The van der Waals surface area contributed by atoms with Crippen molar-refractivity contribution in [3.63, 3.8) is 0 Å². The molecule has 0 spiro atoms. The van der Waals surface area contributed by atoms with Crippen LogP contribution in [0.15, 0.2) is 48.1 Å². The summed E-state index contributed by atoms with van der Waals surface area (Å²) in [6.07, 6.45) is 42.5. The van der Waals surface area contributed by atoms with Gasteiger partial charge < -0.3 is 4.74 Å². The zero-order chi connectivity index (χ0) is 35.3. The van der Waals surface area contributed by atoms with Crippen molar-refractivity contribution in [1.29, 1.82) is 0 Å². The van der Waals surface area contributed by atoms with Crippen molar-refractivity contribution < 1.29 is 9.53 Å². The highest BCUT2D eigenvalue weighted by Gasteiger charge is 2.59. The summed E-state index contributed by atoms with van der Waals surface area (Å²) in [6.45, 7) is 17.1. The van der Waals surface area contributed by atoms with Crippen LogP contribution in [-0.2, 0) is 9.53 Å². The molecule has 0 radical (unpaired) electrons. The molecule has 0 bridgehead atoms. The normalized spacial score (nSPS) is 32.7. The number of carbonyl (C=O) groups excluding carboxylic acids is 1. The second-order valence-electron chi connectivity index (χ2n) is 17.9. The first-order valence-corrected chi connectivity index (χ1v) is 21.5. The van der Waals surface area contributed by atoms with Crippen LogP contribution >= 0.6 is 0 Å². The molecule has 0 aromatic rings. The molecule has 0 N–H and O–H groups in total. The minimum absolute atomic E-state index is 0.0424. The van der Waals surface area contributed by atoms with Crippen molar-refractivity contribution in [3.05, 3.63) is 48.1 Å². The number of unbranched alkanes of at least 4 members (excludes halogenated alkanes) is 8. The maximum absolute atomic E-state index is 12.8. The molecule has 0 aromatic heterocycles. The van der Waals surface area contributed by atoms with E-state index < -0.39 is 0 Å². The Morgan fingerprint density at radius 3 is 2.27 bits per heavy atom. The lowest BCUT2D eigenvalue weighted by Gasteiger charge is -2.58. The Balaban J connectivity index is 1.16. The van der Waals surface area contributed by atoms with Crippen LogP contribution in [0.3, 0.4) is 0 Å². The Hall–Kier alpha value is -1.57. The summed E-state index contributed by atoms with van der Waals surface area (Å²) < 4.78 is 6.13. The van der Waals surface area contributed by atoms with Crippen LogP contribution in [0.1, 0.15) is 183 Å². The van der Waals surface area contributed by atoms with Gasteiger partial charge in [-0.15, -0.1) is 0 Å². The fourth-order valence-corrected chi connectivity index (χ4v) is 11.2. The maximum Gasteiger partial charge on any atom is 0.306 e. The summed E-state index contributed by atoms with van der Waals surface area (Å²) in [7, 11) is 0. The van der Waals surface area contributed by atoms with Crippen LogP contribution in [0.25, 0.3) is 0 Å². The van der Waals surface area contributed by atoms with Crippen LogP contribution < -0.4 is 0 Å². The molecule has 4 aliphatic carbocycles. The van der Waals surface area contributed by atoms with Crippen LogP contribution in [0.4, 0.5) is 0 Å². The highest BCUT2D eigenvalue weighted by atomic mass is 16.5. The van der Waals surface area contributed by atoms with Gasteiger partial charge >= 0.3 is 5.97 Å². The summed E-state index contributed by atoms with van der Waals surface area (Å²) in [5.41, 5.74) is 2.42. The average Bonchev–Trinajstić information content (AvgIpc) is 3.44. The Morgan fingerprint density at radius 2 is 1.55 bits per heavy atom. The third kappa shape index (κ3) is 10.7. The first-order chi connectivity index (χ1) is 23.6. The Morgan fingerprint density at radius 1 is 0.837 bits per heavy atom. The second kappa shape index (κ2) is 19.9. The van der Waals surface area contributed by atoms with E-state index in [9.17, 15) is 4.79 Å². The molecule has 4 rings (SSSR count). The van der Waals surface area contributed by atoms with E-state index in [1.807, 2.05) is 0 Å². The number of rotatable bonds is 20. The molecule has 9 unspecified atom stereocenters. The molecule has 0 aromatic carbocycles. The van der Waals surface area contributed by atoms with E-state index in [4.69, 9.17) is 4.74 Å². The molecule has 4 aliphatic rings. The molecule has 0 aliphatic heterocycles. The van der Waals surface area contributed by atoms with E-state index in [1.165, 1.54) is 96.3 Å². The summed E-state index contributed by atoms with van der Waals surface area (Å²) in [4.78, 5) is 12.8. The monoisotopic (exact) mass is 675 g/mol. The van der Waals surface area contributed by atoms with Gasteiger partial charge in [-0.05, 0) is 142 Å². The smallest absolute Gasteiger partial charge is 0.306 e. The molecule has 0 amide bonds. The summed E-state index contributed by atoms with van der Waals surface area (Å²) in [5, 5.41) is 0. The van der Waals surface area contributed by atoms with Gasteiger partial charge in [0, 0.05) is 12.8 Å². The SMILES string of the molecule is CCCCCC=CCC=CCCCCCCCC(=O)OC1CCC2(C)C(=CCC3C2CCC2(C)C(C(C)C=CC(CC)C(C)C)CCC32)C1. The first-order valence-electron chi connectivity index (χ1n) is 21.5. The van der Waals surface area contributed by atoms with Gasteiger partial charge in [-0.2, -0.15) is 0 Å². The molecular formula is C47H78O2.